The minimum atomic E-state index is -0.836. The second-order valence-electron chi connectivity index (χ2n) is 11.1. The van der Waals surface area contributed by atoms with Crippen LogP contribution in [0.25, 0.3) is 0 Å². The van der Waals surface area contributed by atoms with Crippen molar-refractivity contribution in [3.63, 3.8) is 0 Å². The summed E-state index contributed by atoms with van der Waals surface area (Å²) in [4.78, 5) is 25.9. The molecule has 218 valence electrons. The summed E-state index contributed by atoms with van der Waals surface area (Å²) in [6, 6.07) is 15.9. The van der Waals surface area contributed by atoms with Gasteiger partial charge in [-0.3, -0.25) is 9.59 Å². The molecule has 5 unspecified atom stereocenters. The molecule has 0 aliphatic carbocycles. The Hall–Kier alpha value is -2.78. The molecule has 8 nitrogen and oxygen atoms in total. The average molecular weight is 553 g/mol. The normalized spacial score (nSPS) is 24.9. The highest BCUT2D eigenvalue weighted by atomic mass is 16.7. The lowest BCUT2D eigenvalue weighted by Gasteiger charge is -2.43. The van der Waals surface area contributed by atoms with Gasteiger partial charge in [-0.05, 0) is 49.5 Å². The van der Waals surface area contributed by atoms with Gasteiger partial charge in [-0.25, -0.2) is 0 Å². The fraction of sp³-hybridized carbons (Fsp3) is 0.562. The number of nitrogens with zero attached hydrogens (tertiary/aromatic N) is 1. The molecule has 5 atom stereocenters. The first-order valence-corrected chi connectivity index (χ1v) is 14.6. The van der Waals surface area contributed by atoms with E-state index in [9.17, 15) is 14.7 Å². The molecule has 0 spiro atoms. The molecular formula is C32H44N2O6. The number of ether oxygens (including phenoxy) is 3. The number of hydrogen-bond donors (Lipinski definition) is 2. The Kier molecular flexibility index (Phi) is 11.1. The van der Waals surface area contributed by atoms with Gasteiger partial charge >= 0.3 is 5.97 Å². The number of carbonyl (C=O) groups is 2. The summed E-state index contributed by atoms with van der Waals surface area (Å²) in [6.45, 7) is 8.46. The summed E-state index contributed by atoms with van der Waals surface area (Å²) < 4.78 is 18.2. The molecule has 8 heteroatoms. The van der Waals surface area contributed by atoms with Crippen LogP contribution >= 0.6 is 0 Å². The smallest absolute Gasteiger partial charge is 0.303 e. The van der Waals surface area contributed by atoms with Crippen molar-refractivity contribution in [3.05, 3.63) is 70.8 Å². The largest absolute Gasteiger partial charge is 0.453 e. The SMILES string of the molecule is CC(=O)OC(C)C(=O)NCc1ccc(C2OC(CN3CCCCCCC3)C(C)C(c3ccc(CO)cc3)O2)cc1. The van der Waals surface area contributed by atoms with E-state index in [0.717, 1.165) is 41.9 Å². The lowest BCUT2D eigenvalue weighted by Crippen LogP contribution is -2.45. The molecular weight excluding hydrogens is 508 g/mol. The first-order chi connectivity index (χ1) is 19.3. The lowest BCUT2D eigenvalue weighted by molar-refractivity contribution is -0.276. The van der Waals surface area contributed by atoms with Gasteiger partial charge in [0.25, 0.3) is 5.91 Å². The van der Waals surface area contributed by atoms with Crippen LogP contribution in [0.15, 0.2) is 48.5 Å². The maximum atomic E-state index is 12.2. The molecule has 2 aliphatic rings. The zero-order valence-electron chi connectivity index (χ0n) is 24.0. The Bertz CT molecular complexity index is 1080. The van der Waals surface area contributed by atoms with E-state index in [2.05, 4.69) is 17.1 Å². The van der Waals surface area contributed by atoms with Gasteiger partial charge in [0.1, 0.15) is 0 Å². The lowest BCUT2D eigenvalue weighted by atomic mass is 9.89. The molecule has 2 aliphatic heterocycles. The third kappa shape index (κ3) is 8.36. The number of rotatable bonds is 9. The van der Waals surface area contributed by atoms with Gasteiger partial charge in [0.2, 0.25) is 0 Å². The van der Waals surface area contributed by atoms with Crippen LogP contribution in [-0.4, -0.2) is 53.7 Å². The Balaban J connectivity index is 1.47. The fourth-order valence-electron chi connectivity index (χ4n) is 5.51. The maximum Gasteiger partial charge on any atom is 0.303 e. The van der Waals surface area contributed by atoms with Crippen LogP contribution in [0.5, 0.6) is 0 Å². The summed E-state index contributed by atoms with van der Waals surface area (Å²) in [5, 5.41) is 12.3. The molecule has 0 radical (unpaired) electrons. The quantitative estimate of drug-likeness (QED) is 0.431. The summed E-state index contributed by atoms with van der Waals surface area (Å²) in [5.41, 5.74) is 3.80. The van der Waals surface area contributed by atoms with E-state index < -0.39 is 18.4 Å². The third-order valence-corrected chi connectivity index (χ3v) is 7.94. The summed E-state index contributed by atoms with van der Waals surface area (Å²) in [5.74, 6) is -0.675. The second-order valence-corrected chi connectivity index (χ2v) is 11.1. The Morgan fingerprint density at radius 1 is 0.950 bits per heavy atom. The Morgan fingerprint density at radius 2 is 1.55 bits per heavy atom. The van der Waals surface area contributed by atoms with Crippen LogP contribution in [0.1, 0.15) is 87.5 Å². The van der Waals surface area contributed by atoms with Crippen molar-refractivity contribution >= 4 is 11.9 Å². The standard InChI is InChI=1S/C32H44N2O6/c1-22-29(20-34-17-7-5-4-6-8-18-34)39-32(40-30(22)27-13-11-26(21-35)12-14-27)28-15-9-25(10-16-28)19-33-31(37)23(2)38-24(3)36/h9-16,22-23,29-30,32,35H,4-8,17-21H2,1-3H3,(H,33,37). The van der Waals surface area contributed by atoms with Crippen molar-refractivity contribution in [2.75, 3.05) is 19.6 Å². The van der Waals surface area contributed by atoms with E-state index in [4.69, 9.17) is 14.2 Å². The Morgan fingerprint density at radius 3 is 2.17 bits per heavy atom. The first-order valence-electron chi connectivity index (χ1n) is 14.6. The number of aliphatic hydroxyl groups excluding tert-OH is 1. The topological polar surface area (TPSA) is 97.3 Å². The first kappa shape index (κ1) is 30.2. The maximum absolute atomic E-state index is 12.2. The van der Waals surface area contributed by atoms with Crippen molar-refractivity contribution in [3.8, 4) is 0 Å². The molecule has 2 aromatic carbocycles. The fourth-order valence-corrected chi connectivity index (χ4v) is 5.51. The van der Waals surface area contributed by atoms with Crippen LogP contribution in [0.4, 0.5) is 0 Å². The predicted octanol–water partition coefficient (Wildman–Crippen LogP) is 4.80. The molecule has 2 fully saturated rings. The zero-order valence-corrected chi connectivity index (χ0v) is 24.0. The molecule has 4 rings (SSSR count). The number of amides is 1. The molecule has 40 heavy (non-hydrogen) atoms. The van der Waals surface area contributed by atoms with Crippen molar-refractivity contribution in [1.82, 2.24) is 10.2 Å². The van der Waals surface area contributed by atoms with Crippen LogP contribution < -0.4 is 5.32 Å². The number of nitrogens with one attached hydrogen (secondary N) is 1. The number of hydrogen-bond acceptors (Lipinski definition) is 7. The van der Waals surface area contributed by atoms with Crippen molar-refractivity contribution < 1.29 is 28.9 Å². The van der Waals surface area contributed by atoms with Crippen LogP contribution in [-0.2, 0) is 37.0 Å². The summed E-state index contributed by atoms with van der Waals surface area (Å²) in [7, 11) is 0. The van der Waals surface area contributed by atoms with Gasteiger partial charge in [-0.1, -0.05) is 74.7 Å². The zero-order chi connectivity index (χ0) is 28.5. The molecule has 2 heterocycles. The minimum absolute atomic E-state index is 0.00224. The number of aliphatic hydroxyl groups is 1. The van der Waals surface area contributed by atoms with Gasteiger partial charge in [0.05, 0.1) is 18.8 Å². The predicted molar refractivity (Wildman–Crippen MR) is 152 cm³/mol. The molecule has 0 bridgehead atoms. The molecule has 2 saturated heterocycles. The van der Waals surface area contributed by atoms with E-state index in [-0.39, 0.29) is 30.6 Å². The van der Waals surface area contributed by atoms with Crippen molar-refractivity contribution in [1.29, 1.82) is 0 Å². The van der Waals surface area contributed by atoms with Crippen molar-refractivity contribution in [2.45, 2.75) is 90.6 Å². The molecule has 0 saturated carbocycles. The van der Waals surface area contributed by atoms with E-state index in [1.807, 2.05) is 48.5 Å². The minimum Gasteiger partial charge on any atom is -0.453 e. The highest BCUT2D eigenvalue weighted by Gasteiger charge is 2.39. The summed E-state index contributed by atoms with van der Waals surface area (Å²) in [6.07, 6.45) is 4.86. The average Bonchev–Trinajstić information content (AvgIpc) is 2.94. The van der Waals surface area contributed by atoms with E-state index >= 15 is 0 Å². The van der Waals surface area contributed by atoms with Crippen LogP contribution in [0, 0.1) is 5.92 Å². The number of esters is 1. The molecule has 2 N–H and O–H groups in total. The van der Waals surface area contributed by atoms with Crippen LogP contribution in [0.2, 0.25) is 0 Å². The van der Waals surface area contributed by atoms with Crippen molar-refractivity contribution in [2.24, 2.45) is 5.92 Å². The molecule has 2 aromatic rings. The van der Waals surface area contributed by atoms with Gasteiger partial charge in [-0.2, -0.15) is 0 Å². The number of likely N-dealkylation sites (tertiary alicyclic amines) is 1. The molecule has 1 amide bonds. The highest BCUT2D eigenvalue weighted by Crippen LogP contribution is 2.42. The Labute approximate surface area is 238 Å². The third-order valence-electron chi connectivity index (χ3n) is 7.94. The van der Waals surface area contributed by atoms with Gasteiger partial charge in [0, 0.05) is 31.5 Å². The number of carbonyl (C=O) groups excluding carboxylic acids is 2. The highest BCUT2D eigenvalue weighted by molar-refractivity contribution is 5.82. The van der Waals surface area contributed by atoms with Gasteiger partial charge in [0.15, 0.2) is 12.4 Å². The van der Waals surface area contributed by atoms with E-state index in [1.54, 1.807) is 6.92 Å². The molecule has 0 aromatic heterocycles. The summed E-state index contributed by atoms with van der Waals surface area (Å²) >= 11 is 0. The van der Waals surface area contributed by atoms with E-state index in [0.29, 0.717) is 6.54 Å². The van der Waals surface area contributed by atoms with E-state index in [1.165, 1.54) is 39.0 Å². The number of benzene rings is 2. The van der Waals surface area contributed by atoms with Crippen LogP contribution in [0.3, 0.4) is 0 Å². The van der Waals surface area contributed by atoms with Gasteiger partial charge in [-0.15, -0.1) is 0 Å². The second kappa shape index (κ2) is 14.7. The van der Waals surface area contributed by atoms with Gasteiger partial charge < -0.3 is 29.5 Å². The monoisotopic (exact) mass is 552 g/mol.